The van der Waals surface area contributed by atoms with Crippen LogP contribution in [0.3, 0.4) is 0 Å². The summed E-state index contributed by atoms with van der Waals surface area (Å²) in [6.07, 6.45) is -0.228. The van der Waals surface area contributed by atoms with Gasteiger partial charge in [-0.2, -0.15) is 0 Å². The zero-order valence-electron chi connectivity index (χ0n) is 30.5. The first-order chi connectivity index (χ1) is 23.4. The highest BCUT2D eigenvalue weighted by atomic mass is 16.8. The molecule has 12 nitrogen and oxygen atoms in total. The van der Waals surface area contributed by atoms with E-state index in [1.807, 2.05) is 0 Å². The quantitative estimate of drug-likeness (QED) is 0.288. The molecule has 5 aliphatic carbocycles. The van der Waals surface area contributed by atoms with E-state index in [-0.39, 0.29) is 75.4 Å². The number of carbonyl (C=O) groups is 2. The topological polar surface area (TPSA) is 163 Å². The number of aliphatic hydroxyl groups is 3. The lowest BCUT2D eigenvalue weighted by Gasteiger charge is -2.65. The van der Waals surface area contributed by atoms with Crippen LogP contribution in [-0.4, -0.2) is 101 Å². The number of epoxide rings is 1. The Morgan fingerprint density at radius 3 is 2.26 bits per heavy atom. The van der Waals surface area contributed by atoms with Gasteiger partial charge in [-0.1, -0.05) is 34.6 Å². The molecule has 12 heteroatoms. The molecule has 50 heavy (non-hydrogen) atoms. The highest BCUT2D eigenvalue weighted by molar-refractivity contribution is 5.66. The lowest BCUT2D eigenvalue weighted by atomic mass is 9.41. The molecule has 18 atom stereocenters. The first kappa shape index (κ1) is 34.2. The maximum absolute atomic E-state index is 13.1. The highest BCUT2D eigenvalue weighted by Crippen LogP contribution is 2.89. The van der Waals surface area contributed by atoms with Crippen LogP contribution in [0.1, 0.15) is 99.8 Å². The van der Waals surface area contributed by atoms with Gasteiger partial charge in [0.2, 0.25) is 0 Å². The zero-order valence-corrected chi connectivity index (χ0v) is 30.5. The molecule has 5 saturated carbocycles. The Labute approximate surface area is 294 Å². The minimum absolute atomic E-state index is 0.00987. The second-order valence-electron chi connectivity index (χ2n) is 19.2. The fourth-order valence-electron chi connectivity index (χ4n) is 14.7. The molecule has 0 aromatic heterocycles. The van der Waals surface area contributed by atoms with Crippen molar-refractivity contribution in [2.75, 3.05) is 13.2 Å². The van der Waals surface area contributed by atoms with Gasteiger partial charge in [-0.05, 0) is 91.8 Å². The van der Waals surface area contributed by atoms with Gasteiger partial charge in [-0.25, -0.2) is 4.79 Å². The molecule has 3 N–H and O–H groups in total. The molecule has 0 aromatic carbocycles. The van der Waals surface area contributed by atoms with Crippen molar-refractivity contribution in [1.82, 2.24) is 0 Å². The number of hydrogen-bond acceptors (Lipinski definition) is 12. The van der Waals surface area contributed by atoms with Crippen LogP contribution in [0, 0.1) is 50.7 Å². The summed E-state index contributed by atoms with van der Waals surface area (Å²) >= 11 is 0. The normalized spacial score (nSPS) is 59.5. The van der Waals surface area contributed by atoms with Gasteiger partial charge in [0.15, 0.2) is 18.2 Å². The summed E-state index contributed by atoms with van der Waals surface area (Å²) in [4.78, 5) is 26.0. The van der Waals surface area contributed by atoms with E-state index in [1.165, 1.54) is 0 Å². The summed E-state index contributed by atoms with van der Waals surface area (Å²) in [7, 11) is 0. The fraction of sp³-hybridized carbons (Fsp3) is 0.947. The molecule has 0 aromatic rings. The van der Waals surface area contributed by atoms with E-state index in [9.17, 15) is 24.9 Å². The van der Waals surface area contributed by atoms with Crippen molar-refractivity contribution in [3.05, 3.63) is 0 Å². The van der Waals surface area contributed by atoms with Crippen molar-refractivity contribution < 1.29 is 58.1 Å². The Bertz CT molecular complexity index is 1470. The number of esters is 1. The van der Waals surface area contributed by atoms with Gasteiger partial charge in [0, 0.05) is 24.2 Å². The van der Waals surface area contributed by atoms with Gasteiger partial charge in [0.1, 0.15) is 36.1 Å². The van der Waals surface area contributed by atoms with Gasteiger partial charge in [-0.15, -0.1) is 0 Å². The third-order valence-corrected chi connectivity index (χ3v) is 16.8. The van der Waals surface area contributed by atoms with Gasteiger partial charge < -0.3 is 48.5 Å². The molecule has 9 aliphatic rings. The van der Waals surface area contributed by atoms with Crippen LogP contribution in [0.5, 0.6) is 0 Å². The number of hydrogen-bond donors (Lipinski definition) is 3. The largest absolute Gasteiger partial charge is 0.509 e. The number of aliphatic hydroxyl groups excluding tert-OH is 3. The second kappa shape index (κ2) is 10.4. The van der Waals surface area contributed by atoms with Crippen molar-refractivity contribution in [3.63, 3.8) is 0 Å². The average molecular weight is 705 g/mol. The first-order valence-corrected chi connectivity index (χ1v) is 19.1. The molecule has 9 fully saturated rings. The second-order valence-corrected chi connectivity index (χ2v) is 19.2. The van der Waals surface area contributed by atoms with Crippen molar-refractivity contribution in [1.29, 1.82) is 0 Å². The van der Waals surface area contributed by atoms with Crippen LogP contribution < -0.4 is 0 Å². The first-order valence-electron chi connectivity index (χ1n) is 19.1. The molecule has 4 aliphatic heterocycles. The lowest BCUT2D eigenvalue weighted by molar-refractivity contribution is -0.308. The standard InChI is InChI=1S/C38H56O12/c1-18-12-38(30-34(6,50-30)17-45-38)49-21-13-33(5)23-9-8-22-32(3,4)24(47-31(43)48-28-20(40)15-44-29(42)27(28)41)10-11-36(22)16-37(23,36)14-25(46-19(2)39)35(33,7)26(18)21/h18,20-30,40-42H,8-17H2,1-7H3/t18-,20-,21+,22?,23?,24+,25-,26+,27-,28+,29-,30+,33+,34+,35-,36-,37+,38-/m1/s1. The molecule has 4 saturated heterocycles. The molecule has 4 heterocycles. The minimum atomic E-state index is -1.58. The zero-order chi connectivity index (χ0) is 35.6. The molecule has 0 radical (unpaired) electrons. The third kappa shape index (κ3) is 4.13. The summed E-state index contributed by atoms with van der Waals surface area (Å²) in [6, 6.07) is 0. The van der Waals surface area contributed by atoms with E-state index in [0.29, 0.717) is 24.9 Å². The maximum Gasteiger partial charge on any atom is 0.509 e. The predicted octanol–water partition coefficient (Wildman–Crippen LogP) is 3.85. The third-order valence-electron chi connectivity index (χ3n) is 16.8. The van der Waals surface area contributed by atoms with E-state index < -0.39 is 42.6 Å². The van der Waals surface area contributed by atoms with Crippen LogP contribution in [0.25, 0.3) is 0 Å². The van der Waals surface area contributed by atoms with Crippen molar-refractivity contribution in [2.24, 2.45) is 50.7 Å². The number of fused-ring (bicyclic) bond motifs is 6. The van der Waals surface area contributed by atoms with E-state index in [2.05, 4.69) is 41.5 Å². The van der Waals surface area contributed by atoms with Crippen LogP contribution in [0.4, 0.5) is 4.79 Å². The summed E-state index contributed by atoms with van der Waals surface area (Å²) < 4.78 is 42.5. The Hall–Kier alpha value is -1.54. The van der Waals surface area contributed by atoms with Crippen LogP contribution in [0.2, 0.25) is 0 Å². The van der Waals surface area contributed by atoms with Crippen LogP contribution in [-0.2, 0) is 38.0 Å². The van der Waals surface area contributed by atoms with Crippen LogP contribution in [0.15, 0.2) is 0 Å². The Morgan fingerprint density at radius 2 is 1.58 bits per heavy atom. The smallest absolute Gasteiger partial charge is 0.462 e. The van der Waals surface area contributed by atoms with E-state index >= 15 is 0 Å². The van der Waals surface area contributed by atoms with Gasteiger partial charge in [-0.3, -0.25) is 4.79 Å². The molecule has 3 spiro atoms. The summed E-state index contributed by atoms with van der Waals surface area (Å²) in [5, 5.41) is 30.4. The van der Waals surface area contributed by atoms with Gasteiger partial charge in [0.25, 0.3) is 0 Å². The number of carbonyl (C=O) groups excluding carboxylic acids is 2. The molecule has 9 rings (SSSR count). The minimum Gasteiger partial charge on any atom is -0.462 e. The Balaban J connectivity index is 0.989. The van der Waals surface area contributed by atoms with E-state index in [1.54, 1.807) is 6.92 Å². The maximum atomic E-state index is 13.1. The lowest BCUT2D eigenvalue weighted by Crippen LogP contribution is -2.64. The van der Waals surface area contributed by atoms with Crippen molar-refractivity contribution in [2.45, 2.75) is 160 Å². The molecule has 2 unspecified atom stereocenters. The average Bonchev–Trinajstić information content (AvgIpc) is 3.85. The molecule has 0 bridgehead atoms. The van der Waals surface area contributed by atoms with E-state index in [0.717, 1.165) is 44.9 Å². The molecular weight excluding hydrogens is 648 g/mol. The van der Waals surface area contributed by atoms with Crippen molar-refractivity contribution in [3.8, 4) is 0 Å². The SMILES string of the molecule is CC(=O)O[C@@H]1C[C@@]23C[C@@]24CC[C@H](OC(=O)O[C@@H]2[C@@H](O)[C@H](O)OC[C@H]2O)C(C)(C)C4CCC3[C@]2(C)C[C@@H]3O[C@@]4(C[C@@H](C)[C@@H]3[C@@]12C)OC[C@]1(C)O[C@H]41. The van der Waals surface area contributed by atoms with Gasteiger partial charge >= 0.3 is 12.1 Å². The van der Waals surface area contributed by atoms with Crippen molar-refractivity contribution >= 4 is 12.1 Å². The van der Waals surface area contributed by atoms with Crippen LogP contribution >= 0.6 is 0 Å². The summed E-state index contributed by atoms with van der Waals surface area (Å²) in [5.74, 6) is 0.317. The Kier molecular flexibility index (Phi) is 7.09. The molecular formula is C38H56O12. The Morgan fingerprint density at radius 1 is 0.840 bits per heavy atom. The van der Waals surface area contributed by atoms with Gasteiger partial charge in [0.05, 0.1) is 19.3 Å². The molecule has 0 amide bonds. The monoisotopic (exact) mass is 704 g/mol. The fourth-order valence-corrected chi connectivity index (χ4v) is 14.7. The highest BCUT2D eigenvalue weighted by Gasteiger charge is 2.86. The number of rotatable bonds is 3. The molecule has 280 valence electrons. The predicted molar refractivity (Wildman–Crippen MR) is 173 cm³/mol. The van der Waals surface area contributed by atoms with E-state index in [4.69, 9.17) is 33.2 Å². The summed E-state index contributed by atoms with van der Waals surface area (Å²) in [6.45, 7) is 15.5. The number of ether oxygens (including phenoxy) is 7. The summed E-state index contributed by atoms with van der Waals surface area (Å²) in [5.41, 5.74) is -0.967.